The van der Waals surface area contributed by atoms with E-state index in [-0.39, 0.29) is 11.8 Å². The van der Waals surface area contributed by atoms with Crippen LogP contribution in [0.25, 0.3) is 0 Å². The molecule has 0 saturated carbocycles. The van der Waals surface area contributed by atoms with Crippen LogP contribution in [0.15, 0.2) is 48.5 Å². The monoisotopic (exact) mass is 413 g/mol. The summed E-state index contributed by atoms with van der Waals surface area (Å²) in [6.07, 6.45) is 1.38. The first-order chi connectivity index (χ1) is 10.0. The third kappa shape index (κ3) is 5.67. The number of hydrogen-bond acceptors (Lipinski definition) is 1. The summed E-state index contributed by atoms with van der Waals surface area (Å²) >= 11 is 8.11. The van der Waals surface area contributed by atoms with E-state index >= 15 is 0 Å². The number of amides is 1. The number of carbonyl (C=O) groups is 1. The molecule has 0 fully saturated rings. The van der Waals surface area contributed by atoms with Gasteiger partial charge in [0.1, 0.15) is 0 Å². The lowest BCUT2D eigenvalue weighted by Crippen LogP contribution is -2.16. The smallest absolute Gasteiger partial charge is 0.224 e. The number of anilines is 1. The second-order valence-corrected chi connectivity index (χ2v) is 6.88. The van der Waals surface area contributed by atoms with Gasteiger partial charge >= 0.3 is 0 Å². The summed E-state index contributed by atoms with van der Waals surface area (Å²) in [5.74, 6) is 0.340. The summed E-state index contributed by atoms with van der Waals surface area (Å²) in [6.45, 7) is 2.09. The molecule has 0 aliphatic rings. The average Bonchev–Trinajstić information content (AvgIpc) is 2.44. The molecule has 4 heteroatoms. The quantitative estimate of drug-likeness (QED) is 0.675. The van der Waals surface area contributed by atoms with E-state index in [9.17, 15) is 4.79 Å². The fourth-order valence-corrected chi connectivity index (χ4v) is 2.64. The van der Waals surface area contributed by atoms with Gasteiger partial charge in [-0.25, -0.2) is 0 Å². The first kappa shape index (κ1) is 16.3. The fraction of sp³-hybridized carbons (Fsp3) is 0.235. The van der Waals surface area contributed by atoms with E-state index in [1.807, 2.05) is 48.5 Å². The van der Waals surface area contributed by atoms with Crippen LogP contribution in [-0.4, -0.2) is 5.91 Å². The Labute approximate surface area is 144 Å². The van der Waals surface area contributed by atoms with E-state index < -0.39 is 0 Å². The second-order valence-electron chi connectivity index (χ2n) is 5.19. The Balaban J connectivity index is 1.84. The Hall–Kier alpha value is -1.07. The number of benzene rings is 2. The number of rotatable bonds is 5. The van der Waals surface area contributed by atoms with Gasteiger partial charge in [0, 0.05) is 20.7 Å². The molecule has 0 heterocycles. The van der Waals surface area contributed by atoms with E-state index in [1.54, 1.807) is 0 Å². The Bertz CT molecular complexity index is 595. The Morgan fingerprint density at radius 2 is 1.76 bits per heavy atom. The Morgan fingerprint density at radius 3 is 2.38 bits per heavy atom. The Morgan fingerprint density at radius 1 is 1.14 bits per heavy atom. The minimum Gasteiger partial charge on any atom is -0.326 e. The van der Waals surface area contributed by atoms with Crippen molar-refractivity contribution in [3.63, 3.8) is 0 Å². The highest BCUT2D eigenvalue weighted by Gasteiger charge is 2.10. The van der Waals surface area contributed by atoms with Crippen molar-refractivity contribution in [1.29, 1.82) is 0 Å². The van der Waals surface area contributed by atoms with Crippen molar-refractivity contribution in [2.24, 2.45) is 5.92 Å². The first-order valence-corrected chi connectivity index (χ1v) is 8.28. The zero-order valence-electron chi connectivity index (χ0n) is 11.8. The van der Waals surface area contributed by atoms with E-state index in [0.717, 1.165) is 20.7 Å². The molecule has 2 aromatic carbocycles. The SMILES string of the molecule is C[C@H](CC(=O)Nc1ccc(I)cc1)Cc1ccc(Cl)cc1. The van der Waals surface area contributed by atoms with Crippen LogP contribution in [0.2, 0.25) is 5.02 Å². The molecule has 1 N–H and O–H groups in total. The maximum Gasteiger partial charge on any atom is 0.224 e. The molecule has 2 nitrogen and oxygen atoms in total. The largest absolute Gasteiger partial charge is 0.326 e. The van der Waals surface area contributed by atoms with Crippen LogP contribution in [0.3, 0.4) is 0 Å². The Kier molecular flexibility index (Phi) is 6.06. The summed E-state index contributed by atoms with van der Waals surface area (Å²) in [5.41, 5.74) is 2.05. The zero-order chi connectivity index (χ0) is 15.2. The van der Waals surface area contributed by atoms with Gasteiger partial charge in [0.15, 0.2) is 0 Å². The molecule has 1 atom stereocenters. The second kappa shape index (κ2) is 7.80. The summed E-state index contributed by atoms with van der Waals surface area (Å²) in [4.78, 5) is 12.0. The van der Waals surface area contributed by atoms with Gasteiger partial charge < -0.3 is 5.32 Å². The normalized spacial score (nSPS) is 12.0. The van der Waals surface area contributed by atoms with Crippen LogP contribution in [-0.2, 0) is 11.2 Å². The number of halogens is 2. The predicted octanol–water partition coefficient (Wildman–Crippen LogP) is 5.15. The van der Waals surface area contributed by atoms with Gasteiger partial charge in [-0.1, -0.05) is 30.7 Å². The van der Waals surface area contributed by atoms with Gasteiger partial charge in [0.25, 0.3) is 0 Å². The molecule has 0 unspecified atom stereocenters. The van der Waals surface area contributed by atoms with Crippen LogP contribution < -0.4 is 5.32 Å². The molecule has 0 aromatic heterocycles. The van der Waals surface area contributed by atoms with Crippen LogP contribution >= 0.6 is 34.2 Å². The van der Waals surface area contributed by atoms with Gasteiger partial charge in [0.05, 0.1) is 0 Å². The van der Waals surface area contributed by atoms with Gasteiger partial charge in [-0.3, -0.25) is 4.79 Å². The molecule has 0 saturated heterocycles. The molecule has 0 spiro atoms. The minimum atomic E-state index is 0.0534. The van der Waals surface area contributed by atoms with E-state index in [4.69, 9.17) is 11.6 Å². The van der Waals surface area contributed by atoms with Crippen LogP contribution in [0.4, 0.5) is 5.69 Å². The van der Waals surface area contributed by atoms with Gasteiger partial charge in [-0.05, 0) is 76.9 Å². The molecular weight excluding hydrogens is 397 g/mol. The van der Waals surface area contributed by atoms with Crippen molar-refractivity contribution in [2.75, 3.05) is 5.32 Å². The highest BCUT2D eigenvalue weighted by molar-refractivity contribution is 14.1. The van der Waals surface area contributed by atoms with Crippen molar-refractivity contribution in [2.45, 2.75) is 19.8 Å². The van der Waals surface area contributed by atoms with Crippen LogP contribution in [0, 0.1) is 9.49 Å². The minimum absolute atomic E-state index is 0.0534. The molecule has 0 radical (unpaired) electrons. The predicted molar refractivity (Wildman–Crippen MR) is 96.7 cm³/mol. The topological polar surface area (TPSA) is 29.1 Å². The van der Waals surface area contributed by atoms with Gasteiger partial charge in [-0.2, -0.15) is 0 Å². The van der Waals surface area contributed by atoms with Crippen LogP contribution in [0.5, 0.6) is 0 Å². The van der Waals surface area contributed by atoms with Crippen LogP contribution in [0.1, 0.15) is 18.9 Å². The molecule has 0 aliphatic carbocycles. The molecule has 0 aliphatic heterocycles. The summed E-state index contributed by atoms with van der Waals surface area (Å²) in [6, 6.07) is 15.6. The maximum absolute atomic E-state index is 12.0. The summed E-state index contributed by atoms with van der Waals surface area (Å²) in [7, 11) is 0. The zero-order valence-corrected chi connectivity index (χ0v) is 14.7. The molecule has 0 bridgehead atoms. The molecule has 21 heavy (non-hydrogen) atoms. The maximum atomic E-state index is 12.0. The fourth-order valence-electron chi connectivity index (χ4n) is 2.16. The van der Waals surface area contributed by atoms with E-state index in [0.29, 0.717) is 6.42 Å². The van der Waals surface area contributed by atoms with Crippen molar-refractivity contribution in [3.8, 4) is 0 Å². The third-order valence-corrected chi connectivity index (χ3v) is 4.13. The van der Waals surface area contributed by atoms with E-state index in [1.165, 1.54) is 5.56 Å². The number of nitrogens with one attached hydrogen (secondary N) is 1. The highest BCUT2D eigenvalue weighted by Crippen LogP contribution is 2.17. The lowest BCUT2D eigenvalue weighted by atomic mass is 9.98. The van der Waals surface area contributed by atoms with Crippen molar-refractivity contribution in [3.05, 3.63) is 62.7 Å². The van der Waals surface area contributed by atoms with Gasteiger partial charge in [0.2, 0.25) is 5.91 Å². The lowest BCUT2D eigenvalue weighted by Gasteiger charge is -2.12. The lowest BCUT2D eigenvalue weighted by molar-refractivity contribution is -0.116. The first-order valence-electron chi connectivity index (χ1n) is 6.83. The van der Waals surface area contributed by atoms with Crippen molar-refractivity contribution >= 4 is 45.8 Å². The molecule has 2 rings (SSSR count). The standard InChI is InChI=1S/C17H17ClINO/c1-12(10-13-2-4-14(18)5-3-13)11-17(21)20-16-8-6-15(19)7-9-16/h2-9,12H,10-11H2,1H3,(H,20,21)/t12-/m0/s1. The van der Waals surface area contributed by atoms with E-state index in [2.05, 4.69) is 34.8 Å². The van der Waals surface area contributed by atoms with Crippen molar-refractivity contribution in [1.82, 2.24) is 0 Å². The molecular formula is C17H17ClINO. The average molecular weight is 414 g/mol. The van der Waals surface area contributed by atoms with Gasteiger partial charge in [-0.15, -0.1) is 0 Å². The third-order valence-electron chi connectivity index (χ3n) is 3.16. The highest BCUT2D eigenvalue weighted by atomic mass is 127. The molecule has 2 aromatic rings. The molecule has 1 amide bonds. The summed E-state index contributed by atoms with van der Waals surface area (Å²) in [5, 5.41) is 3.67. The number of hydrogen-bond donors (Lipinski definition) is 1. The van der Waals surface area contributed by atoms with Crippen molar-refractivity contribution < 1.29 is 4.79 Å². The number of carbonyl (C=O) groups excluding carboxylic acids is 1. The molecule has 110 valence electrons. The summed E-state index contributed by atoms with van der Waals surface area (Å²) < 4.78 is 1.15.